The lowest BCUT2D eigenvalue weighted by atomic mass is 10.0. The minimum absolute atomic E-state index is 0. The summed E-state index contributed by atoms with van der Waals surface area (Å²) < 4.78 is 0. The molecule has 0 spiro atoms. The van der Waals surface area contributed by atoms with E-state index in [2.05, 4.69) is 67.7 Å². The van der Waals surface area contributed by atoms with Crippen LogP contribution in [-0.4, -0.2) is 13.1 Å². The summed E-state index contributed by atoms with van der Waals surface area (Å²) >= 11 is 6.43. The summed E-state index contributed by atoms with van der Waals surface area (Å²) in [7, 11) is 0. The lowest BCUT2D eigenvalue weighted by Gasteiger charge is -2.13. The summed E-state index contributed by atoms with van der Waals surface area (Å²) in [5.41, 5.74) is 3.64. The number of hydrogen-bond acceptors (Lipinski definition) is 1. The molecule has 3 heteroatoms. The minimum Gasteiger partial charge on any atom is -0.315 e. The van der Waals surface area contributed by atoms with Gasteiger partial charge in [0.2, 0.25) is 0 Å². The van der Waals surface area contributed by atoms with Crippen LogP contribution in [0.15, 0.2) is 54.6 Å². The molecule has 2 aromatic carbocycles. The second kappa shape index (κ2) is 9.09. The molecule has 21 heavy (non-hydrogen) atoms. The van der Waals surface area contributed by atoms with Crippen LogP contribution in [0.25, 0.3) is 11.1 Å². The highest BCUT2D eigenvalue weighted by Gasteiger charge is 2.08. The molecular weight excluding hydrogens is 301 g/mol. The predicted molar refractivity (Wildman–Crippen MR) is 95.4 cm³/mol. The normalized spacial score (nSPS) is 12.0. The molecule has 0 aliphatic rings. The molecule has 0 aliphatic heterocycles. The van der Waals surface area contributed by atoms with E-state index >= 15 is 0 Å². The molecule has 0 saturated carbocycles. The molecular formula is C18H23Cl2N. The summed E-state index contributed by atoms with van der Waals surface area (Å²) in [6.07, 6.45) is 0. The van der Waals surface area contributed by atoms with E-state index in [0.717, 1.165) is 13.1 Å². The minimum atomic E-state index is 0. The first-order valence-corrected chi connectivity index (χ1v) is 7.60. The number of hydrogen-bond donors (Lipinski definition) is 1. The Bertz CT molecular complexity index is 509. The first-order chi connectivity index (χ1) is 9.66. The Morgan fingerprint density at radius 2 is 1.43 bits per heavy atom. The van der Waals surface area contributed by atoms with Crippen molar-refractivity contribution in [2.24, 2.45) is 5.92 Å². The maximum atomic E-state index is 6.43. The molecule has 0 fully saturated rings. The van der Waals surface area contributed by atoms with Gasteiger partial charge >= 0.3 is 0 Å². The van der Waals surface area contributed by atoms with E-state index < -0.39 is 0 Å². The quantitative estimate of drug-likeness (QED) is 0.711. The topological polar surface area (TPSA) is 12.0 Å². The zero-order valence-electron chi connectivity index (χ0n) is 12.6. The van der Waals surface area contributed by atoms with Crippen molar-refractivity contribution in [2.45, 2.75) is 19.2 Å². The van der Waals surface area contributed by atoms with Gasteiger partial charge in [-0.3, -0.25) is 0 Å². The number of rotatable bonds is 6. The van der Waals surface area contributed by atoms with Gasteiger partial charge in [0.25, 0.3) is 0 Å². The van der Waals surface area contributed by atoms with Crippen molar-refractivity contribution in [3.8, 4) is 11.1 Å². The Hall–Kier alpha value is -1.02. The number of benzene rings is 2. The third-order valence-corrected chi connectivity index (χ3v) is 3.66. The highest BCUT2D eigenvalue weighted by molar-refractivity contribution is 6.21. The highest BCUT2D eigenvalue weighted by Crippen LogP contribution is 2.24. The smallest absolute Gasteiger partial charge is 0.0709 e. The van der Waals surface area contributed by atoms with E-state index in [9.17, 15) is 0 Å². The lowest BCUT2D eigenvalue weighted by molar-refractivity contribution is 0.550. The molecule has 2 rings (SSSR count). The second-order valence-corrected chi connectivity index (χ2v) is 6.03. The average molecular weight is 324 g/mol. The summed E-state index contributed by atoms with van der Waals surface area (Å²) in [4.78, 5) is 0. The molecule has 0 aromatic heterocycles. The maximum Gasteiger partial charge on any atom is 0.0709 e. The van der Waals surface area contributed by atoms with Gasteiger partial charge in [0.05, 0.1) is 5.38 Å². The molecule has 0 amide bonds. The molecule has 0 saturated heterocycles. The second-order valence-electron chi connectivity index (χ2n) is 5.51. The molecule has 0 bridgehead atoms. The summed E-state index contributed by atoms with van der Waals surface area (Å²) in [6.45, 7) is 6.21. The van der Waals surface area contributed by atoms with Gasteiger partial charge in [0.1, 0.15) is 0 Å². The molecule has 0 radical (unpaired) electrons. The van der Waals surface area contributed by atoms with Gasteiger partial charge in [-0.15, -0.1) is 24.0 Å². The third-order valence-electron chi connectivity index (χ3n) is 3.26. The van der Waals surface area contributed by atoms with Crippen LogP contribution < -0.4 is 5.32 Å². The number of alkyl halides is 1. The van der Waals surface area contributed by atoms with Gasteiger partial charge in [-0.25, -0.2) is 0 Å². The zero-order chi connectivity index (χ0) is 14.4. The third kappa shape index (κ3) is 5.70. The Morgan fingerprint density at radius 3 is 2.00 bits per heavy atom. The Labute approximate surface area is 139 Å². The van der Waals surface area contributed by atoms with Gasteiger partial charge in [-0.05, 0) is 29.2 Å². The van der Waals surface area contributed by atoms with Crippen molar-refractivity contribution in [3.63, 3.8) is 0 Å². The van der Waals surface area contributed by atoms with Gasteiger partial charge < -0.3 is 5.32 Å². The summed E-state index contributed by atoms with van der Waals surface area (Å²) in [5.74, 6) is 0.652. The average Bonchev–Trinajstić information content (AvgIpc) is 2.48. The Morgan fingerprint density at radius 1 is 0.857 bits per heavy atom. The number of halogens is 2. The fourth-order valence-electron chi connectivity index (χ4n) is 2.13. The molecule has 1 nitrogen and oxygen atoms in total. The molecule has 1 unspecified atom stereocenters. The fourth-order valence-corrected chi connectivity index (χ4v) is 2.39. The van der Waals surface area contributed by atoms with Crippen molar-refractivity contribution in [1.82, 2.24) is 5.32 Å². The van der Waals surface area contributed by atoms with E-state index in [1.807, 2.05) is 6.07 Å². The van der Waals surface area contributed by atoms with Crippen molar-refractivity contribution >= 4 is 24.0 Å². The number of nitrogens with one attached hydrogen (secondary N) is 1. The molecule has 1 atom stereocenters. The molecule has 0 heterocycles. The van der Waals surface area contributed by atoms with Crippen LogP contribution in [0.4, 0.5) is 0 Å². The van der Waals surface area contributed by atoms with Gasteiger partial charge in [-0.1, -0.05) is 68.4 Å². The van der Waals surface area contributed by atoms with Crippen LogP contribution in [0.2, 0.25) is 0 Å². The van der Waals surface area contributed by atoms with E-state index in [0.29, 0.717) is 5.92 Å². The Kier molecular flexibility index (Phi) is 7.81. The van der Waals surface area contributed by atoms with Crippen LogP contribution in [0.5, 0.6) is 0 Å². The van der Waals surface area contributed by atoms with Crippen LogP contribution in [0.3, 0.4) is 0 Å². The van der Waals surface area contributed by atoms with Crippen molar-refractivity contribution in [3.05, 3.63) is 60.2 Å². The standard InChI is InChI=1S/C18H22ClN.ClH/c1-14(2)12-20-13-18(19)17-10-8-16(9-11-17)15-6-4-3-5-7-15;/h3-11,14,18,20H,12-13H2,1-2H3;1H. The molecule has 2 aromatic rings. The Balaban J connectivity index is 0.00000220. The van der Waals surface area contributed by atoms with Crippen LogP contribution in [0.1, 0.15) is 24.8 Å². The first kappa shape index (κ1) is 18.0. The van der Waals surface area contributed by atoms with Crippen LogP contribution >= 0.6 is 24.0 Å². The molecule has 114 valence electrons. The summed E-state index contributed by atoms with van der Waals surface area (Å²) in [6, 6.07) is 18.9. The van der Waals surface area contributed by atoms with Gasteiger partial charge in [0.15, 0.2) is 0 Å². The largest absolute Gasteiger partial charge is 0.315 e. The van der Waals surface area contributed by atoms with Crippen molar-refractivity contribution < 1.29 is 0 Å². The fraction of sp³-hybridized carbons (Fsp3) is 0.333. The predicted octanol–water partition coefficient (Wildman–Crippen LogP) is 5.30. The zero-order valence-corrected chi connectivity index (χ0v) is 14.1. The SMILES string of the molecule is CC(C)CNCC(Cl)c1ccc(-c2ccccc2)cc1.Cl. The molecule has 0 aliphatic carbocycles. The van der Waals surface area contributed by atoms with Crippen LogP contribution in [-0.2, 0) is 0 Å². The van der Waals surface area contributed by atoms with Crippen LogP contribution in [0, 0.1) is 5.92 Å². The highest BCUT2D eigenvalue weighted by atomic mass is 35.5. The monoisotopic (exact) mass is 323 g/mol. The van der Waals surface area contributed by atoms with E-state index in [-0.39, 0.29) is 17.8 Å². The first-order valence-electron chi connectivity index (χ1n) is 7.17. The molecule has 1 N–H and O–H groups in total. The van der Waals surface area contributed by atoms with Gasteiger partial charge in [-0.2, -0.15) is 0 Å². The summed E-state index contributed by atoms with van der Waals surface area (Å²) in [5, 5.41) is 3.42. The van der Waals surface area contributed by atoms with E-state index in [1.54, 1.807) is 0 Å². The van der Waals surface area contributed by atoms with Crippen molar-refractivity contribution in [2.75, 3.05) is 13.1 Å². The van der Waals surface area contributed by atoms with E-state index in [1.165, 1.54) is 16.7 Å². The maximum absolute atomic E-state index is 6.43. The van der Waals surface area contributed by atoms with E-state index in [4.69, 9.17) is 11.6 Å². The van der Waals surface area contributed by atoms with Gasteiger partial charge in [0, 0.05) is 6.54 Å². The lowest BCUT2D eigenvalue weighted by Crippen LogP contribution is -2.23. The van der Waals surface area contributed by atoms with Crippen molar-refractivity contribution in [1.29, 1.82) is 0 Å².